The second-order valence-corrected chi connectivity index (χ2v) is 6.12. The highest BCUT2D eigenvalue weighted by molar-refractivity contribution is 6.06. The Kier molecular flexibility index (Phi) is 6.42. The molecule has 0 fully saturated rings. The van der Waals surface area contributed by atoms with Crippen LogP contribution in [0.25, 0.3) is 0 Å². The molecular formula is C22H21N3O4. The summed E-state index contributed by atoms with van der Waals surface area (Å²) in [6, 6.07) is 17.6. The van der Waals surface area contributed by atoms with Gasteiger partial charge in [-0.1, -0.05) is 30.3 Å². The largest absolute Gasteiger partial charge is 0.497 e. The second-order valence-electron chi connectivity index (χ2n) is 6.12. The van der Waals surface area contributed by atoms with E-state index >= 15 is 0 Å². The van der Waals surface area contributed by atoms with Crippen LogP contribution in [-0.2, 0) is 6.54 Å². The molecule has 3 aromatic rings. The van der Waals surface area contributed by atoms with Crippen molar-refractivity contribution >= 4 is 17.5 Å². The van der Waals surface area contributed by atoms with Crippen LogP contribution in [0, 0.1) is 0 Å². The summed E-state index contributed by atoms with van der Waals surface area (Å²) in [6.45, 7) is 0.376. The van der Waals surface area contributed by atoms with E-state index in [1.54, 1.807) is 31.4 Å². The van der Waals surface area contributed by atoms with Crippen molar-refractivity contribution < 1.29 is 19.1 Å². The lowest BCUT2D eigenvalue weighted by molar-refractivity contribution is 0.0946. The lowest BCUT2D eigenvalue weighted by Gasteiger charge is -2.12. The van der Waals surface area contributed by atoms with Crippen LogP contribution >= 0.6 is 0 Å². The topological polar surface area (TPSA) is 89.5 Å². The van der Waals surface area contributed by atoms with Crippen molar-refractivity contribution in [2.24, 2.45) is 0 Å². The van der Waals surface area contributed by atoms with Crippen LogP contribution in [-0.4, -0.2) is 31.0 Å². The van der Waals surface area contributed by atoms with Crippen LogP contribution in [0.3, 0.4) is 0 Å². The van der Waals surface area contributed by atoms with E-state index in [1.165, 1.54) is 19.4 Å². The molecule has 148 valence electrons. The number of hydrogen-bond donors (Lipinski definition) is 2. The van der Waals surface area contributed by atoms with Crippen molar-refractivity contribution in [1.82, 2.24) is 10.3 Å². The zero-order valence-electron chi connectivity index (χ0n) is 16.1. The second kappa shape index (κ2) is 9.36. The van der Waals surface area contributed by atoms with Crippen molar-refractivity contribution in [2.75, 3.05) is 19.5 Å². The third-order valence-corrected chi connectivity index (χ3v) is 4.21. The highest BCUT2D eigenvalue weighted by Gasteiger charge is 2.14. The Balaban J connectivity index is 1.70. The van der Waals surface area contributed by atoms with Gasteiger partial charge in [-0.15, -0.1) is 0 Å². The number of carbonyl (C=O) groups excluding carboxylic acids is 2. The fourth-order valence-electron chi connectivity index (χ4n) is 2.66. The number of nitrogens with zero attached hydrogens (tertiary/aromatic N) is 1. The lowest BCUT2D eigenvalue weighted by atomic mass is 10.2. The summed E-state index contributed by atoms with van der Waals surface area (Å²) in [4.78, 5) is 29.1. The van der Waals surface area contributed by atoms with Crippen LogP contribution in [0.4, 0.5) is 5.69 Å². The molecule has 2 aromatic carbocycles. The number of methoxy groups -OCH3 is 2. The van der Waals surface area contributed by atoms with Gasteiger partial charge in [0.2, 0.25) is 0 Å². The minimum atomic E-state index is -0.382. The van der Waals surface area contributed by atoms with E-state index in [0.29, 0.717) is 29.3 Å². The van der Waals surface area contributed by atoms with E-state index in [1.807, 2.05) is 30.3 Å². The first-order valence-electron chi connectivity index (χ1n) is 8.92. The molecular weight excluding hydrogens is 370 g/mol. The highest BCUT2D eigenvalue weighted by atomic mass is 16.5. The van der Waals surface area contributed by atoms with Crippen LogP contribution < -0.4 is 20.1 Å². The normalized spacial score (nSPS) is 10.1. The van der Waals surface area contributed by atoms with Crippen molar-refractivity contribution in [3.63, 3.8) is 0 Å². The predicted octanol–water partition coefficient (Wildman–Crippen LogP) is 3.28. The van der Waals surface area contributed by atoms with Gasteiger partial charge in [-0.3, -0.25) is 14.6 Å². The molecule has 3 rings (SSSR count). The monoisotopic (exact) mass is 391 g/mol. The summed E-state index contributed by atoms with van der Waals surface area (Å²) in [5, 5.41) is 5.57. The molecule has 0 aliphatic rings. The zero-order chi connectivity index (χ0) is 20.6. The molecule has 0 saturated heterocycles. The molecule has 0 bridgehead atoms. The number of amides is 2. The van der Waals surface area contributed by atoms with Gasteiger partial charge in [0.05, 0.1) is 19.9 Å². The standard InChI is InChI=1S/C22H21N3O4/c1-28-17-8-9-18(20(13-17)29-2)25-21(26)16-10-11-23-19(12-16)22(27)24-14-15-6-4-3-5-7-15/h3-13H,14H2,1-2H3,(H,24,27)(H,25,26). The molecule has 0 radical (unpaired) electrons. The molecule has 29 heavy (non-hydrogen) atoms. The number of benzene rings is 2. The van der Waals surface area contributed by atoms with Crippen LogP contribution in [0.5, 0.6) is 11.5 Å². The molecule has 0 saturated carbocycles. The number of nitrogens with one attached hydrogen (secondary N) is 2. The Hall–Kier alpha value is -3.87. The average molecular weight is 391 g/mol. The molecule has 0 unspecified atom stereocenters. The van der Waals surface area contributed by atoms with E-state index in [2.05, 4.69) is 15.6 Å². The van der Waals surface area contributed by atoms with Gasteiger partial charge in [0.15, 0.2) is 0 Å². The highest BCUT2D eigenvalue weighted by Crippen LogP contribution is 2.29. The summed E-state index contributed by atoms with van der Waals surface area (Å²) in [5.74, 6) is 0.340. The summed E-state index contributed by atoms with van der Waals surface area (Å²) in [6.07, 6.45) is 1.43. The Morgan fingerprint density at radius 1 is 0.931 bits per heavy atom. The Morgan fingerprint density at radius 2 is 1.72 bits per heavy atom. The quantitative estimate of drug-likeness (QED) is 0.645. The van der Waals surface area contributed by atoms with Gasteiger partial charge in [-0.25, -0.2) is 0 Å². The molecule has 1 heterocycles. The lowest BCUT2D eigenvalue weighted by Crippen LogP contribution is -2.24. The molecule has 1 aromatic heterocycles. The predicted molar refractivity (Wildman–Crippen MR) is 109 cm³/mol. The van der Waals surface area contributed by atoms with E-state index in [-0.39, 0.29) is 17.5 Å². The van der Waals surface area contributed by atoms with Gasteiger partial charge < -0.3 is 20.1 Å². The third kappa shape index (κ3) is 5.10. The fourth-order valence-corrected chi connectivity index (χ4v) is 2.66. The fraction of sp³-hybridized carbons (Fsp3) is 0.136. The number of anilines is 1. The van der Waals surface area contributed by atoms with E-state index in [0.717, 1.165) is 5.56 Å². The van der Waals surface area contributed by atoms with Gasteiger partial charge in [-0.05, 0) is 29.8 Å². The first-order valence-corrected chi connectivity index (χ1v) is 8.92. The zero-order valence-corrected chi connectivity index (χ0v) is 16.1. The Labute approximate surface area is 168 Å². The maximum atomic E-state index is 12.6. The van der Waals surface area contributed by atoms with Crippen LogP contribution in [0.1, 0.15) is 26.4 Å². The minimum absolute atomic E-state index is 0.162. The van der Waals surface area contributed by atoms with Crippen molar-refractivity contribution in [3.8, 4) is 11.5 Å². The minimum Gasteiger partial charge on any atom is -0.497 e. The number of ether oxygens (including phenoxy) is 2. The maximum absolute atomic E-state index is 12.6. The number of aromatic nitrogens is 1. The van der Waals surface area contributed by atoms with E-state index in [9.17, 15) is 9.59 Å². The molecule has 7 nitrogen and oxygen atoms in total. The van der Waals surface area contributed by atoms with Gasteiger partial charge in [0.25, 0.3) is 11.8 Å². The first-order chi connectivity index (χ1) is 14.1. The molecule has 2 N–H and O–H groups in total. The number of hydrogen-bond acceptors (Lipinski definition) is 5. The molecule has 0 spiro atoms. The maximum Gasteiger partial charge on any atom is 0.270 e. The van der Waals surface area contributed by atoms with Crippen molar-refractivity contribution in [3.05, 3.63) is 83.7 Å². The third-order valence-electron chi connectivity index (χ3n) is 4.21. The molecule has 7 heteroatoms. The summed E-state index contributed by atoms with van der Waals surface area (Å²) >= 11 is 0. The van der Waals surface area contributed by atoms with Crippen molar-refractivity contribution in [2.45, 2.75) is 6.54 Å². The van der Waals surface area contributed by atoms with E-state index in [4.69, 9.17) is 9.47 Å². The summed E-state index contributed by atoms with van der Waals surface area (Å²) in [5.41, 5.74) is 1.93. The smallest absolute Gasteiger partial charge is 0.270 e. The number of carbonyl (C=O) groups is 2. The molecule has 0 atom stereocenters. The summed E-state index contributed by atoms with van der Waals surface area (Å²) in [7, 11) is 3.06. The summed E-state index contributed by atoms with van der Waals surface area (Å²) < 4.78 is 10.4. The average Bonchev–Trinajstić information content (AvgIpc) is 2.78. The van der Waals surface area contributed by atoms with Gasteiger partial charge in [-0.2, -0.15) is 0 Å². The van der Waals surface area contributed by atoms with E-state index < -0.39 is 0 Å². The van der Waals surface area contributed by atoms with Gasteiger partial charge in [0, 0.05) is 24.4 Å². The number of pyridine rings is 1. The molecule has 2 amide bonds. The first kappa shape index (κ1) is 19.9. The molecule has 0 aliphatic heterocycles. The number of rotatable bonds is 7. The molecule has 0 aliphatic carbocycles. The van der Waals surface area contributed by atoms with Crippen molar-refractivity contribution in [1.29, 1.82) is 0 Å². The van der Waals surface area contributed by atoms with Gasteiger partial charge in [0.1, 0.15) is 17.2 Å². The van der Waals surface area contributed by atoms with Crippen LogP contribution in [0.15, 0.2) is 66.9 Å². The Morgan fingerprint density at radius 3 is 2.45 bits per heavy atom. The van der Waals surface area contributed by atoms with Crippen LogP contribution in [0.2, 0.25) is 0 Å². The SMILES string of the molecule is COc1ccc(NC(=O)c2ccnc(C(=O)NCc3ccccc3)c2)c(OC)c1. The Bertz CT molecular complexity index is 1010. The van der Waals surface area contributed by atoms with Gasteiger partial charge >= 0.3 is 0 Å².